The van der Waals surface area contributed by atoms with Crippen molar-refractivity contribution in [3.63, 3.8) is 0 Å². The van der Waals surface area contributed by atoms with E-state index in [-0.39, 0.29) is 37.1 Å². The van der Waals surface area contributed by atoms with Crippen LogP contribution in [-0.2, 0) is 35.2 Å². The van der Waals surface area contributed by atoms with Gasteiger partial charge in [-0.05, 0) is 95.0 Å². The van der Waals surface area contributed by atoms with E-state index >= 15 is 0 Å². The Morgan fingerprint density at radius 3 is 2.26 bits per heavy atom. The predicted octanol–water partition coefficient (Wildman–Crippen LogP) is 2.70. The molecular formula is C42H54ClN7O8. The SMILES string of the molecule is Cc1cccc(C[C@H](NC(=O)Nc2ccc(Cl)cc2)C(=O)N[C@H](C(=O)N2CCC[C@H]2C(=O)N2CCCC[C@H]2C(=O)N[C@@H](C)C(=O)N2C[C@H](C)C[C@@]23CC3=O)[C@H](C)O)c1. The molecular weight excluding hydrogens is 766 g/mol. The van der Waals surface area contributed by atoms with Gasteiger partial charge >= 0.3 is 6.03 Å². The van der Waals surface area contributed by atoms with Gasteiger partial charge in [-0.1, -0.05) is 48.4 Å². The number of amides is 7. The Balaban J connectivity index is 1.13. The summed E-state index contributed by atoms with van der Waals surface area (Å²) in [6.45, 7) is 7.76. The molecule has 3 saturated heterocycles. The highest BCUT2D eigenvalue weighted by Crippen LogP contribution is 2.48. The maximum atomic E-state index is 14.3. The number of hydrogen-bond acceptors (Lipinski definition) is 8. The van der Waals surface area contributed by atoms with Crippen molar-refractivity contribution in [2.75, 3.05) is 25.0 Å². The van der Waals surface area contributed by atoms with Gasteiger partial charge in [0.2, 0.25) is 29.5 Å². The Morgan fingerprint density at radius 1 is 0.897 bits per heavy atom. The highest BCUT2D eigenvalue weighted by Gasteiger charge is 2.63. The second-order valence-electron chi connectivity index (χ2n) is 16.4. The maximum absolute atomic E-state index is 14.3. The molecule has 58 heavy (non-hydrogen) atoms. The average Bonchev–Trinajstić information content (AvgIpc) is 3.46. The van der Waals surface area contributed by atoms with Crippen LogP contribution >= 0.6 is 11.6 Å². The number of anilines is 1. The molecule has 16 heteroatoms. The fourth-order valence-electron chi connectivity index (χ4n) is 8.71. The number of hydrogen-bond donors (Lipinski definition) is 5. The first-order valence-electron chi connectivity index (χ1n) is 20.2. The van der Waals surface area contributed by atoms with Crippen molar-refractivity contribution < 1.29 is 38.7 Å². The number of nitrogens with one attached hydrogen (secondary N) is 4. The number of benzene rings is 2. The van der Waals surface area contributed by atoms with Crippen molar-refractivity contribution in [3.05, 3.63) is 64.7 Å². The van der Waals surface area contributed by atoms with Gasteiger partial charge in [-0.2, -0.15) is 0 Å². The minimum atomic E-state index is -1.45. The highest BCUT2D eigenvalue weighted by atomic mass is 35.5. The largest absolute Gasteiger partial charge is 0.391 e. The van der Waals surface area contributed by atoms with Gasteiger partial charge in [-0.25, -0.2) is 4.79 Å². The molecule has 15 nitrogen and oxygen atoms in total. The molecule has 3 aliphatic heterocycles. The summed E-state index contributed by atoms with van der Waals surface area (Å²) in [6.07, 6.45) is 2.16. The number of nitrogens with zero attached hydrogens (tertiary/aromatic N) is 3. The van der Waals surface area contributed by atoms with Gasteiger partial charge in [0.1, 0.15) is 35.7 Å². The number of urea groups is 1. The van der Waals surface area contributed by atoms with Crippen LogP contribution in [0.5, 0.6) is 0 Å². The zero-order valence-electron chi connectivity index (χ0n) is 33.5. The van der Waals surface area contributed by atoms with E-state index in [0.717, 1.165) is 11.1 Å². The first-order chi connectivity index (χ1) is 27.6. The monoisotopic (exact) mass is 819 g/mol. The zero-order chi connectivity index (χ0) is 41.9. The molecule has 2 aromatic rings. The third-order valence-electron chi connectivity index (χ3n) is 11.7. The van der Waals surface area contributed by atoms with Gasteiger partial charge < -0.3 is 41.1 Å². The van der Waals surface area contributed by atoms with Crippen LogP contribution in [0.15, 0.2) is 48.5 Å². The Kier molecular flexibility index (Phi) is 13.1. The molecule has 7 amide bonds. The Morgan fingerprint density at radius 2 is 1.59 bits per heavy atom. The van der Waals surface area contributed by atoms with Crippen molar-refractivity contribution in [1.29, 1.82) is 0 Å². The van der Waals surface area contributed by atoms with E-state index < -0.39 is 71.5 Å². The lowest BCUT2D eigenvalue weighted by atomic mass is 9.99. The van der Waals surface area contributed by atoms with Crippen LogP contribution < -0.4 is 21.3 Å². The number of likely N-dealkylation sites (tertiary alicyclic amines) is 3. The number of aliphatic hydroxyl groups excluding tert-OH is 1. The van der Waals surface area contributed by atoms with Gasteiger partial charge in [0.25, 0.3) is 0 Å². The number of halogens is 1. The van der Waals surface area contributed by atoms with Gasteiger partial charge in [-0.3, -0.25) is 28.8 Å². The lowest BCUT2D eigenvalue weighted by molar-refractivity contribution is -0.152. The third kappa shape index (κ3) is 9.47. The molecule has 0 aromatic heterocycles. The van der Waals surface area contributed by atoms with Crippen LogP contribution in [0.2, 0.25) is 5.02 Å². The minimum absolute atomic E-state index is 0.0391. The number of ketones is 1. The highest BCUT2D eigenvalue weighted by molar-refractivity contribution is 6.30. The number of rotatable bonds is 12. The first-order valence-corrected chi connectivity index (χ1v) is 20.6. The summed E-state index contributed by atoms with van der Waals surface area (Å²) in [5.74, 6) is -2.39. The van der Waals surface area contributed by atoms with Gasteiger partial charge in [0.15, 0.2) is 5.78 Å². The number of aliphatic hydroxyl groups is 1. The lowest BCUT2D eigenvalue weighted by Gasteiger charge is -2.39. The van der Waals surface area contributed by atoms with Gasteiger partial charge in [0.05, 0.1) is 6.10 Å². The Hall–Kier alpha value is -5.02. The molecule has 0 bridgehead atoms. The molecule has 2 aromatic carbocycles. The van der Waals surface area contributed by atoms with Crippen LogP contribution in [0.4, 0.5) is 10.5 Å². The molecule has 0 radical (unpaired) electrons. The topological polar surface area (TPSA) is 198 Å². The predicted molar refractivity (Wildman–Crippen MR) is 215 cm³/mol. The van der Waals surface area contributed by atoms with Crippen LogP contribution in [0.25, 0.3) is 0 Å². The van der Waals surface area contributed by atoms with Crippen molar-refractivity contribution in [3.8, 4) is 0 Å². The fourth-order valence-corrected chi connectivity index (χ4v) is 8.83. The number of piperidine rings is 1. The molecule has 1 aliphatic carbocycles. The van der Waals surface area contributed by atoms with Gasteiger partial charge in [0, 0.05) is 43.2 Å². The van der Waals surface area contributed by atoms with Crippen molar-refractivity contribution >= 4 is 58.6 Å². The normalized spacial score (nSPS) is 24.8. The van der Waals surface area contributed by atoms with Crippen LogP contribution in [-0.4, -0.2) is 123 Å². The summed E-state index contributed by atoms with van der Waals surface area (Å²) in [5, 5.41) is 22.2. The summed E-state index contributed by atoms with van der Waals surface area (Å²) >= 11 is 5.98. The van der Waals surface area contributed by atoms with E-state index in [0.29, 0.717) is 62.2 Å². The van der Waals surface area contributed by atoms with Crippen molar-refractivity contribution in [2.45, 2.75) is 121 Å². The van der Waals surface area contributed by atoms with Crippen LogP contribution in [0.1, 0.15) is 76.8 Å². The molecule has 1 spiro atoms. The number of carbonyl (C=O) groups excluding carboxylic acids is 7. The quantitative estimate of drug-likeness (QED) is 0.216. The summed E-state index contributed by atoms with van der Waals surface area (Å²) in [5.41, 5.74) is 1.38. The second kappa shape index (κ2) is 17.9. The van der Waals surface area contributed by atoms with E-state index in [9.17, 15) is 38.7 Å². The smallest absolute Gasteiger partial charge is 0.319 e. The molecule has 5 N–H and O–H groups in total. The van der Waals surface area contributed by atoms with Gasteiger partial charge in [-0.15, -0.1) is 0 Å². The Bertz CT molecular complexity index is 1930. The third-order valence-corrected chi connectivity index (χ3v) is 12.0. The lowest BCUT2D eigenvalue weighted by Crippen LogP contribution is -2.62. The number of aryl methyl sites for hydroxylation is 1. The number of Topliss-reactive ketones (excluding diaryl/α,β-unsaturated/α-hetero) is 1. The van der Waals surface area contributed by atoms with Crippen molar-refractivity contribution in [2.24, 2.45) is 5.92 Å². The van der Waals surface area contributed by atoms with E-state index in [2.05, 4.69) is 21.3 Å². The first kappa shape index (κ1) is 42.6. The van der Waals surface area contributed by atoms with Crippen LogP contribution in [0, 0.1) is 12.8 Å². The molecule has 6 rings (SSSR count). The average molecular weight is 820 g/mol. The number of carbonyl (C=O) groups is 7. The standard InChI is InChI=1S/C42H54ClN7O8/c1-24-9-7-10-28(19-24)20-31(46-41(58)45-30-15-13-29(43)14-16-30)36(53)47-35(27(4)51)40(57)49-18-8-12-33(49)39(56)48-17-6-5-11-32(48)37(54)44-26(3)38(55)50-23-25(2)21-42(50)22-34(42)52/h7,9-10,13-16,19,25-27,31-33,35,51H,5-6,8,11-12,17-18,20-23H2,1-4H3,(H,44,54)(H,47,53)(H2,45,46,58)/t25-,26+,27+,31+,32+,33+,35+,42+/m1/s1. The summed E-state index contributed by atoms with van der Waals surface area (Å²) in [6, 6.07) is 7.84. The summed E-state index contributed by atoms with van der Waals surface area (Å²) < 4.78 is 0. The minimum Gasteiger partial charge on any atom is -0.391 e. The molecule has 4 aliphatic rings. The maximum Gasteiger partial charge on any atom is 0.319 e. The molecule has 8 atom stereocenters. The molecule has 4 fully saturated rings. The Labute approximate surface area is 343 Å². The molecule has 0 unspecified atom stereocenters. The summed E-state index contributed by atoms with van der Waals surface area (Å²) in [7, 11) is 0. The van der Waals surface area contributed by atoms with E-state index in [1.807, 2.05) is 38.1 Å². The van der Waals surface area contributed by atoms with E-state index in [1.165, 1.54) is 16.7 Å². The van der Waals surface area contributed by atoms with E-state index in [1.54, 1.807) is 36.1 Å². The molecule has 1 saturated carbocycles. The zero-order valence-corrected chi connectivity index (χ0v) is 34.2. The second-order valence-corrected chi connectivity index (χ2v) is 16.9. The van der Waals surface area contributed by atoms with Crippen LogP contribution in [0.3, 0.4) is 0 Å². The summed E-state index contributed by atoms with van der Waals surface area (Å²) in [4.78, 5) is 99.6. The van der Waals surface area contributed by atoms with E-state index in [4.69, 9.17) is 11.6 Å². The van der Waals surface area contributed by atoms with Crippen molar-refractivity contribution in [1.82, 2.24) is 30.7 Å². The fraction of sp³-hybridized carbons (Fsp3) is 0.548. The molecule has 3 heterocycles. The molecule has 312 valence electrons.